The highest BCUT2D eigenvalue weighted by Gasteiger charge is 2.20. The van der Waals surface area contributed by atoms with E-state index in [4.69, 9.17) is 28.4 Å². The van der Waals surface area contributed by atoms with Gasteiger partial charge in [-0.25, -0.2) is 0 Å². The maximum Gasteiger partial charge on any atom is 0.161 e. The van der Waals surface area contributed by atoms with Gasteiger partial charge in [-0.2, -0.15) is 0 Å². The lowest BCUT2D eigenvalue weighted by atomic mass is 9.93. The van der Waals surface area contributed by atoms with Gasteiger partial charge in [0.25, 0.3) is 0 Å². The molecule has 0 amide bonds. The standard InChI is InChI=1S/C44H64O6/c1-7-11-15-19-23-47-41-29-35-33-27-39(45-5)40(46-6)28-34(33)36-30-42(48-24-20-16-12-8-2)44(50-26-22-18-14-10-4)32-38(36)37(35)31-43(41)49-25-21-17-13-9-3/h27-32H,7-26H2,1-6H3. The Morgan fingerprint density at radius 3 is 0.720 bits per heavy atom. The largest absolute Gasteiger partial charge is 0.493 e. The maximum atomic E-state index is 6.53. The molecule has 0 atom stereocenters. The van der Waals surface area contributed by atoms with Gasteiger partial charge in [-0.3, -0.25) is 0 Å². The molecule has 0 saturated carbocycles. The van der Waals surface area contributed by atoms with Crippen molar-refractivity contribution in [3.63, 3.8) is 0 Å². The molecule has 50 heavy (non-hydrogen) atoms. The Morgan fingerprint density at radius 2 is 0.520 bits per heavy atom. The second-order valence-corrected chi connectivity index (χ2v) is 13.6. The fourth-order valence-corrected chi connectivity index (χ4v) is 6.63. The van der Waals surface area contributed by atoms with Crippen molar-refractivity contribution in [3.8, 4) is 34.5 Å². The number of hydrogen-bond donors (Lipinski definition) is 0. The molecule has 0 unspecified atom stereocenters. The van der Waals surface area contributed by atoms with E-state index in [1.165, 1.54) is 51.4 Å². The van der Waals surface area contributed by atoms with Crippen LogP contribution < -0.4 is 28.4 Å². The van der Waals surface area contributed by atoms with E-state index >= 15 is 0 Å². The first-order valence-electron chi connectivity index (χ1n) is 19.7. The molecule has 0 fully saturated rings. The summed E-state index contributed by atoms with van der Waals surface area (Å²) in [5, 5.41) is 6.48. The molecule has 0 radical (unpaired) electrons. The lowest BCUT2D eigenvalue weighted by molar-refractivity contribution is 0.259. The van der Waals surface area contributed by atoms with Crippen molar-refractivity contribution in [1.29, 1.82) is 0 Å². The van der Waals surface area contributed by atoms with Crippen molar-refractivity contribution < 1.29 is 28.4 Å². The van der Waals surface area contributed by atoms with Crippen molar-refractivity contribution >= 4 is 32.3 Å². The Labute approximate surface area is 302 Å². The molecule has 6 nitrogen and oxygen atoms in total. The summed E-state index contributed by atoms with van der Waals surface area (Å²) >= 11 is 0. The average molecular weight is 689 g/mol. The van der Waals surface area contributed by atoms with Gasteiger partial charge in [0.05, 0.1) is 40.6 Å². The van der Waals surface area contributed by atoms with Crippen molar-refractivity contribution in [2.75, 3.05) is 40.6 Å². The molecule has 4 aromatic carbocycles. The number of benzene rings is 4. The topological polar surface area (TPSA) is 55.4 Å². The third-order valence-electron chi connectivity index (χ3n) is 9.58. The molecule has 0 aliphatic rings. The summed E-state index contributed by atoms with van der Waals surface area (Å²) in [5.74, 6) is 4.56. The Hall–Kier alpha value is -3.54. The van der Waals surface area contributed by atoms with Crippen LogP contribution in [0.3, 0.4) is 0 Å². The summed E-state index contributed by atoms with van der Waals surface area (Å²) < 4.78 is 37.7. The Balaban J connectivity index is 1.91. The van der Waals surface area contributed by atoms with E-state index < -0.39 is 0 Å². The van der Waals surface area contributed by atoms with E-state index in [0.29, 0.717) is 37.9 Å². The summed E-state index contributed by atoms with van der Waals surface area (Å²) in [7, 11) is 3.38. The molecule has 4 aromatic rings. The van der Waals surface area contributed by atoms with E-state index in [1.54, 1.807) is 14.2 Å². The van der Waals surface area contributed by atoms with Crippen LogP contribution in [-0.2, 0) is 0 Å². The highest BCUT2D eigenvalue weighted by atomic mass is 16.5. The minimum Gasteiger partial charge on any atom is -0.493 e. The van der Waals surface area contributed by atoms with Gasteiger partial charge >= 0.3 is 0 Å². The molecule has 0 aliphatic carbocycles. The predicted molar refractivity (Wildman–Crippen MR) is 211 cm³/mol. The molecular weight excluding hydrogens is 624 g/mol. The third-order valence-corrected chi connectivity index (χ3v) is 9.58. The number of unbranched alkanes of at least 4 members (excludes halogenated alkanes) is 12. The van der Waals surface area contributed by atoms with E-state index in [9.17, 15) is 0 Å². The fraction of sp³-hybridized carbons (Fsp3) is 0.591. The van der Waals surface area contributed by atoms with E-state index in [0.717, 1.165) is 107 Å². The van der Waals surface area contributed by atoms with Crippen LogP contribution in [0.25, 0.3) is 32.3 Å². The first-order valence-corrected chi connectivity index (χ1v) is 19.7. The van der Waals surface area contributed by atoms with Crippen molar-refractivity contribution in [1.82, 2.24) is 0 Å². The first-order chi connectivity index (χ1) is 24.6. The molecule has 0 bridgehead atoms. The van der Waals surface area contributed by atoms with Crippen LogP contribution >= 0.6 is 0 Å². The van der Waals surface area contributed by atoms with Crippen LogP contribution in [-0.4, -0.2) is 40.6 Å². The quantitative estimate of drug-likeness (QED) is 0.0483. The molecule has 0 aromatic heterocycles. The third kappa shape index (κ3) is 10.7. The Morgan fingerprint density at radius 1 is 0.300 bits per heavy atom. The number of rotatable bonds is 26. The van der Waals surface area contributed by atoms with Gasteiger partial charge in [-0.15, -0.1) is 0 Å². The van der Waals surface area contributed by atoms with Crippen LogP contribution in [0.15, 0.2) is 36.4 Å². The van der Waals surface area contributed by atoms with E-state index in [2.05, 4.69) is 64.1 Å². The molecule has 0 saturated heterocycles. The minimum atomic E-state index is 0.662. The molecule has 0 aliphatic heterocycles. The minimum absolute atomic E-state index is 0.662. The monoisotopic (exact) mass is 688 g/mol. The first kappa shape index (κ1) is 39.2. The Bertz CT molecular complexity index is 1480. The number of ether oxygens (including phenoxy) is 6. The van der Waals surface area contributed by atoms with Crippen molar-refractivity contribution in [2.45, 2.75) is 130 Å². The highest BCUT2D eigenvalue weighted by Crippen LogP contribution is 2.47. The summed E-state index contributed by atoms with van der Waals surface area (Å²) in [5.41, 5.74) is 0. The second-order valence-electron chi connectivity index (χ2n) is 13.6. The van der Waals surface area contributed by atoms with Crippen LogP contribution in [0.4, 0.5) is 0 Å². The zero-order valence-corrected chi connectivity index (χ0v) is 32.1. The molecular formula is C44H64O6. The maximum absolute atomic E-state index is 6.53. The molecule has 276 valence electrons. The van der Waals surface area contributed by atoms with Crippen molar-refractivity contribution in [2.24, 2.45) is 0 Å². The van der Waals surface area contributed by atoms with Gasteiger partial charge in [0, 0.05) is 0 Å². The van der Waals surface area contributed by atoms with Gasteiger partial charge in [-0.1, -0.05) is 105 Å². The van der Waals surface area contributed by atoms with Gasteiger partial charge in [-0.05, 0) is 94.4 Å². The Kier molecular flexibility index (Phi) is 17.0. The summed E-state index contributed by atoms with van der Waals surface area (Å²) in [6.07, 6.45) is 18.4. The smallest absolute Gasteiger partial charge is 0.161 e. The zero-order chi connectivity index (χ0) is 35.6. The summed E-state index contributed by atoms with van der Waals surface area (Å²) in [6, 6.07) is 12.9. The normalized spacial score (nSPS) is 11.4. The van der Waals surface area contributed by atoms with Crippen molar-refractivity contribution in [3.05, 3.63) is 36.4 Å². The second kappa shape index (κ2) is 21.6. The lowest BCUT2D eigenvalue weighted by Crippen LogP contribution is -2.04. The van der Waals surface area contributed by atoms with E-state index in [-0.39, 0.29) is 0 Å². The zero-order valence-electron chi connectivity index (χ0n) is 32.1. The fourth-order valence-electron chi connectivity index (χ4n) is 6.63. The van der Waals surface area contributed by atoms with Crippen LogP contribution in [0.1, 0.15) is 130 Å². The van der Waals surface area contributed by atoms with E-state index in [1.807, 2.05) is 0 Å². The van der Waals surface area contributed by atoms with Crippen LogP contribution in [0.5, 0.6) is 34.5 Å². The highest BCUT2D eigenvalue weighted by molar-refractivity contribution is 6.26. The molecule has 4 rings (SSSR count). The molecule has 0 heterocycles. The summed E-state index contributed by atoms with van der Waals surface area (Å²) in [4.78, 5) is 0. The molecule has 0 N–H and O–H groups in total. The van der Waals surface area contributed by atoms with Crippen LogP contribution in [0.2, 0.25) is 0 Å². The van der Waals surface area contributed by atoms with Gasteiger partial charge < -0.3 is 28.4 Å². The number of hydrogen-bond acceptors (Lipinski definition) is 6. The number of fused-ring (bicyclic) bond motifs is 6. The predicted octanol–water partition coefficient (Wildman–Crippen LogP) is 13.0. The summed E-state index contributed by atoms with van der Waals surface area (Å²) in [6.45, 7) is 11.6. The van der Waals surface area contributed by atoms with Gasteiger partial charge in [0.1, 0.15) is 0 Å². The molecule has 6 heteroatoms. The molecule has 0 spiro atoms. The lowest BCUT2D eigenvalue weighted by Gasteiger charge is -2.20. The average Bonchev–Trinajstić information content (AvgIpc) is 3.14. The SMILES string of the molecule is CCCCCCOc1cc2c3cc(OC)c(OC)cc3c3cc(OCCCCCC)c(OCCCCCC)cc3c2cc1OCCCCCC. The number of methoxy groups -OCH3 is 2. The van der Waals surface area contributed by atoms with Gasteiger partial charge in [0.15, 0.2) is 34.5 Å². The van der Waals surface area contributed by atoms with Gasteiger partial charge in [0.2, 0.25) is 0 Å². The van der Waals surface area contributed by atoms with Crippen LogP contribution in [0, 0.1) is 0 Å².